The summed E-state index contributed by atoms with van der Waals surface area (Å²) in [6, 6.07) is 0. The second kappa shape index (κ2) is 4.14. The third-order valence-electron chi connectivity index (χ3n) is 5.09. The normalized spacial score (nSPS) is 48.9. The average Bonchev–Trinajstić information content (AvgIpc) is 2.63. The van der Waals surface area contributed by atoms with Crippen LogP contribution in [0, 0.1) is 11.3 Å². The van der Waals surface area contributed by atoms with Crippen LogP contribution in [0.1, 0.15) is 40.0 Å². The lowest BCUT2D eigenvalue weighted by atomic mass is 9.71. The average molecular weight is 266 g/mol. The number of fused-ring (bicyclic) bond motifs is 1. The molecule has 0 aromatic carbocycles. The van der Waals surface area contributed by atoms with E-state index in [0.29, 0.717) is 11.5 Å². The van der Waals surface area contributed by atoms with Crippen molar-refractivity contribution in [2.24, 2.45) is 11.3 Å². The fourth-order valence-electron chi connectivity index (χ4n) is 3.80. The van der Waals surface area contributed by atoms with Crippen molar-refractivity contribution < 1.29 is 19.4 Å². The van der Waals surface area contributed by atoms with E-state index in [1.807, 2.05) is 0 Å². The standard InChI is InChI=1S/C15H22O4/c1-9(2)11-4-5-14(3)7-12-10(8-16)6-13(17)15(14,18-11)19-12/h6,8-9,11-13,17H,4-5,7H2,1-3H3. The van der Waals surface area contributed by atoms with E-state index >= 15 is 0 Å². The quantitative estimate of drug-likeness (QED) is 0.774. The Morgan fingerprint density at radius 2 is 2.21 bits per heavy atom. The molecule has 5 atom stereocenters. The van der Waals surface area contributed by atoms with E-state index in [-0.39, 0.29) is 17.6 Å². The molecule has 0 aromatic rings. The van der Waals surface area contributed by atoms with Gasteiger partial charge in [0.1, 0.15) is 12.4 Å². The predicted molar refractivity (Wildman–Crippen MR) is 69.4 cm³/mol. The minimum atomic E-state index is -0.961. The van der Waals surface area contributed by atoms with Crippen LogP contribution in [0.3, 0.4) is 0 Å². The van der Waals surface area contributed by atoms with Gasteiger partial charge in [0.15, 0.2) is 0 Å². The molecule has 0 amide bonds. The van der Waals surface area contributed by atoms with E-state index in [4.69, 9.17) is 9.47 Å². The molecule has 0 aromatic heterocycles. The maximum absolute atomic E-state index is 11.1. The molecule has 5 unspecified atom stereocenters. The number of carbonyl (C=O) groups is 1. The summed E-state index contributed by atoms with van der Waals surface area (Å²) in [5.41, 5.74) is 0.336. The first kappa shape index (κ1) is 13.3. The molecule has 3 aliphatic rings. The number of hydrogen-bond donors (Lipinski definition) is 1. The molecule has 106 valence electrons. The summed E-state index contributed by atoms with van der Waals surface area (Å²) < 4.78 is 12.2. The molecular formula is C15H22O4. The number of aldehydes is 1. The molecule has 3 aliphatic heterocycles. The highest BCUT2D eigenvalue weighted by atomic mass is 16.7. The molecule has 2 saturated heterocycles. The van der Waals surface area contributed by atoms with Crippen LogP contribution in [0.25, 0.3) is 0 Å². The van der Waals surface area contributed by atoms with Crippen LogP contribution in [0.4, 0.5) is 0 Å². The highest BCUT2D eigenvalue weighted by molar-refractivity contribution is 5.75. The van der Waals surface area contributed by atoms with Gasteiger partial charge in [-0.15, -0.1) is 0 Å². The summed E-state index contributed by atoms with van der Waals surface area (Å²) in [6.45, 7) is 6.35. The molecular weight excluding hydrogens is 244 g/mol. The summed E-state index contributed by atoms with van der Waals surface area (Å²) in [5, 5.41) is 10.5. The van der Waals surface area contributed by atoms with Crippen LogP contribution < -0.4 is 0 Å². The summed E-state index contributed by atoms with van der Waals surface area (Å²) >= 11 is 0. The second-order valence-corrected chi connectivity index (χ2v) is 6.71. The van der Waals surface area contributed by atoms with Gasteiger partial charge in [-0.25, -0.2) is 0 Å². The lowest BCUT2D eigenvalue weighted by Crippen LogP contribution is -2.60. The van der Waals surface area contributed by atoms with Crippen LogP contribution in [0.15, 0.2) is 11.6 Å². The molecule has 1 N–H and O–H groups in total. The minimum Gasteiger partial charge on any atom is -0.383 e. The van der Waals surface area contributed by atoms with Crippen LogP contribution in [0.2, 0.25) is 0 Å². The third kappa shape index (κ3) is 1.66. The lowest BCUT2D eigenvalue weighted by molar-refractivity contribution is -0.343. The first-order valence-electron chi connectivity index (χ1n) is 7.12. The van der Waals surface area contributed by atoms with Gasteiger partial charge in [-0.05, 0) is 31.3 Å². The van der Waals surface area contributed by atoms with E-state index in [2.05, 4.69) is 20.8 Å². The van der Waals surface area contributed by atoms with Gasteiger partial charge in [0.25, 0.3) is 0 Å². The van der Waals surface area contributed by atoms with Crippen molar-refractivity contribution in [3.8, 4) is 0 Å². The number of aliphatic hydroxyl groups excluding tert-OH is 1. The number of ether oxygens (including phenoxy) is 2. The Bertz CT molecular complexity index is 430. The van der Waals surface area contributed by atoms with Crippen molar-refractivity contribution in [3.63, 3.8) is 0 Å². The monoisotopic (exact) mass is 266 g/mol. The Balaban J connectivity index is 1.99. The molecule has 2 fully saturated rings. The SMILES string of the molecule is CC(C)C1CCC2(C)CC3OC2(O1)C(O)C=C3C=O. The van der Waals surface area contributed by atoms with Gasteiger partial charge in [0, 0.05) is 11.0 Å². The summed E-state index contributed by atoms with van der Waals surface area (Å²) in [6.07, 6.45) is 4.12. The van der Waals surface area contributed by atoms with Crippen molar-refractivity contribution in [2.75, 3.05) is 0 Å². The summed E-state index contributed by atoms with van der Waals surface area (Å²) in [4.78, 5) is 11.1. The number of carbonyl (C=O) groups excluding carboxylic acids is 1. The maximum Gasteiger partial charge on any atom is 0.204 e. The van der Waals surface area contributed by atoms with E-state index < -0.39 is 11.9 Å². The van der Waals surface area contributed by atoms with Gasteiger partial charge in [0.2, 0.25) is 5.79 Å². The number of hydrogen-bond acceptors (Lipinski definition) is 4. The van der Waals surface area contributed by atoms with Crippen LogP contribution in [-0.4, -0.2) is 35.5 Å². The third-order valence-corrected chi connectivity index (χ3v) is 5.09. The summed E-state index contributed by atoms with van der Waals surface area (Å²) in [7, 11) is 0. The fraction of sp³-hybridized carbons (Fsp3) is 0.800. The second-order valence-electron chi connectivity index (χ2n) is 6.71. The molecule has 0 saturated carbocycles. The zero-order valence-corrected chi connectivity index (χ0v) is 11.8. The zero-order chi connectivity index (χ0) is 13.8. The zero-order valence-electron chi connectivity index (χ0n) is 11.8. The highest BCUT2D eigenvalue weighted by Crippen LogP contribution is 2.59. The maximum atomic E-state index is 11.1. The fourth-order valence-corrected chi connectivity index (χ4v) is 3.80. The number of rotatable bonds is 2. The van der Waals surface area contributed by atoms with E-state index in [0.717, 1.165) is 25.5 Å². The molecule has 4 heteroatoms. The van der Waals surface area contributed by atoms with Crippen molar-refractivity contribution in [1.82, 2.24) is 0 Å². The van der Waals surface area contributed by atoms with Gasteiger partial charge in [-0.3, -0.25) is 4.79 Å². The smallest absolute Gasteiger partial charge is 0.204 e. The Morgan fingerprint density at radius 3 is 2.84 bits per heavy atom. The van der Waals surface area contributed by atoms with Gasteiger partial charge in [-0.2, -0.15) is 0 Å². The van der Waals surface area contributed by atoms with Crippen LogP contribution >= 0.6 is 0 Å². The molecule has 3 rings (SSSR count). The predicted octanol–water partition coefficient (Wildman–Crippen LogP) is 1.81. The lowest BCUT2D eigenvalue weighted by Gasteiger charge is -2.51. The van der Waals surface area contributed by atoms with Crippen molar-refractivity contribution in [3.05, 3.63) is 11.6 Å². The molecule has 4 nitrogen and oxygen atoms in total. The minimum absolute atomic E-state index is 0.104. The first-order chi connectivity index (χ1) is 8.92. The molecule has 19 heavy (non-hydrogen) atoms. The Kier molecular flexibility index (Phi) is 2.89. The van der Waals surface area contributed by atoms with E-state index in [1.165, 1.54) is 0 Å². The Hall–Kier alpha value is -0.710. The largest absolute Gasteiger partial charge is 0.383 e. The van der Waals surface area contributed by atoms with Crippen LogP contribution in [-0.2, 0) is 14.3 Å². The molecule has 1 spiro atoms. The first-order valence-corrected chi connectivity index (χ1v) is 7.12. The van der Waals surface area contributed by atoms with E-state index in [1.54, 1.807) is 6.08 Å². The van der Waals surface area contributed by atoms with Crippen molar-refractivity contribution in [2.45, 2.75) is 64.1 Å². The Morgan fingerprint density at radius 1 is 1.47 bits per heavy atom. The molecule has 0 radical (unpaired) electrons. The molecule has 0 aliphatic carbocycles. The Labute approximate surface area is 113 Å². The van der Waals surface area contributed by atoms with Crippen molar-refractivity contribution >= 4 is 6.29 Å². The van der Waals surface area contributed by atoms with Gasteiger partial charge in [-0.1, -0.05) is 20.8 Å². The molecule has 2 bridgehead atoms. The van der Waals surface area contributed by atoms with Gasteiger partial charge >= 0.3 is 0 Å². The number of aliphatic hydroxyl groups is 1. The van der Waals surface area contributed by atoms with Crippen molar-refractivity contribution in [1.29, 1.82) is 0 Å². The van der Waals surface area contributed by atoms with Gasteiger partial charge < -0.3 is 14.6 Å². The summed E-state index contributed by atoms with van der Waals surface area (Å²) in [5.74, 6) is -0.567. The van der Waals surface area contributed by atoms with E-state index in [9.17, 15) is 9.90 Å². The topological polar surface area (TPSA) is 55.8 Å². The highest BCUT2D eigenvalue weighted by Gasteiger charge is 2.66. The van der Waals surface area contributed by atoms with Gasteiger partial charge in [0.05, 0.1) is 12.2 Å². The molecule has 3 heterocycles. The van der Waals surface area contributed by atoms with Crippen LogP contribution in [0.5, 0.6) is 0 Å².